The van der Waals surface area contributed by atoms with Gasteiger partial charge in [-0.2, -0.15) is 0 Å². The molecule has 0 aromatic rings. The van der Waals surface area contributed by atoms with Crippen molar-refractivity contribution in [2.24, 2.45) is 0 Å². The van der Waals surface area contributed by atoms with E-state index in [2.05, 4.69) is 53.0 Å². The quantitative estimate of drug-likeness (QED) is 0.0565. The van der Waals surface area contributed by atoms with Crippen LogP contribution in [0.2, 0.25) is 0 Å². The van der Waals surface area contributed by atoms with Crippen LogP contribution in [0.5, 0.6) is 0 Å². The first-order valence-corrected chi connectivity index (χ1v) is 15.4. The lowest BCUT2D eigenvalue weighted by Crippen LogP contribution is -2.33. The summed E-state index contributed by atoms with van der Waals surface area (Å²) < 4.78 is 13.1. The molecule has 0 aromatic carbocycles. The van der Waals surface area contributed by atoms with Gasteiger partial charge in [-0.05, 0) is 97.4 Å². The minimum absolute atomic E-state index is 0.325. The summed E-state index contributed by atoms with van der Waals surface area (Å²) in [4.78, 5) is -0.753. The van der Waals surface area contributed by atoms with Crippen molar-refractivity contribution in [1.82, 2.24) is 0 Å². The number of thiol groups is 2. The molecular weight excluding hydrogens is 489 g/mol. The first kappa shape index (κ1) is 31.2. The minimum Gasteiger partial charge on any atom is -0.460 e. The summed E-state index contributed by atoms with van der Waals surface area (Å²) >= 11 is 19.2. The van der Waals surface area contributed by atoms with Crippen LogP contribution in [0.25, 0.3) is 0 Å². The zero-order chi connectivity index (χ0) is 22.9. The maximum Gasteiger partial charge on any atom is 0.218 e. The Morgan fingerprint density at radius 1 is 0.600 bits per heavy atom. The number of thiocarbonyl (C=S) groups is 2. The largest absolute Gasteiger partial charge is 0.460 e. The van der Waals surface area contributed by atoms with Crippen LogP contribution in [0, 0.1) is 0 Å². The van der Waals surface area contributed by atoms with E-state index in [4.69, 9.17) is 33.9 Å². The standard InChI is InChI=1S/C22H42O2S6/c1-5-9-13-17-21(15-11-7-3,23-19(25)26)29-30-22(16-12-8-4,24-20(27)28)18-14-10-6-2/h5-18H2,1-4H3,(H,25,26)(H,27,28). The molecule has 0 bridgehead atoms. The van der Waals surface area contributed by atoms with E-state index in [1.54, 1.807) is 21.6 Å². The van der Waals surface area contributed by atoms with Gasteiger partial charge in [0.25, 0.3) is 0 Å². The summed E-state index contributed by atoms with van der Waals surface area (Å²) in [5.41, 5.74) is 0. The molecule has 2 atom stereocenters. The highest BCUT2D eigenvalue weighted by Gasteiger charge is 2.40. The monoisotopic (exact) mass is 530 g/mol. The fourth-order valence-corrected chi connectivity index (χ4v) is 7.77. The van der Waals surface area contributed by atoms with E-state index in [1.807, 2.05) is 0 Å². The van der Waals surface area contributed by atoms with E-state index in [9.17, 15) is 0 Å². The highest BCUT2D eigenvalue weighted by atomic mass is 33.1. The molecule has 0 N–H and O–H groups in total. The fraction of sp³-hybridized carbons (Fsp3) is 0.909. The maximum atomic E-state index is 6.25. The lowest BCUT2D eigenvalue weighted by Gasteiger charge is -2.38. The molecule has 8 heteroatoms. The molecular formula is C22H42O2S6. The van der Waals surface area contributed by atoms with Gasteiger partial charge in [0, 0.05) is 0 Å². The molecule has 30 heavy (non-hydrogen) atoms. The van der Waals surface area contributed by atoms with Crippen molar-refractivity contribution in [2.75, 3.05) is 0 Å². The topological polar surface area (TPSA) is 18.5 Å². The third-order valence-electron chi connectivity index (χ3n) is 5.04. The van der Waals surface area contributed by atoms with Crippen LogP contribution in [0.3, 0.4) is 0 Å². The van der Waals surface area contributed by atoms with Crippen LogP contribution in [0.4, 0.5) is 0 Å². The highest BCUT2D eigenvalue weighted by Crippen LogP contribution is 2.53. The first-order valence-electron chi connectivity index (χ1n) is 11.5. The van der Waals surface area contributed by atoms with E-state index in [0.717, 1.165) is 64.2 Å². The Balaban J connectivity index is 5.66. The van der Waals surface area contributed by atoms with Gasteiger partial charge in [0.05, 0.1) is 0 Å². The Hall–Kier alpha value is 1.18. The van der Waals surface area contributed by atoms with Crippen molar-refractivity contribution in [3.8, 4) is 0 Å². The second kappa shape index (κ2) is 18.6. The predicted octanol–water partition coefficient (Wildman–Crippen LogP) is 9.76. The molecule has 0 aromatic heterocycles. The second-order valence-electron chi connectivity index (χ2n) is 7.85. The van der Waals surface area contributed by atoms with Crippen molar-refractivity contribution in [2.45, 2.75) is 127 Å². The van der Waals surface area contributed by atoms with Gasteiger partial charge < -0.3 is 9.47 Å². The molecule has 0 aliphatic rings. The second-order valence-corrected chi connectivity index (χ2v) is 12.8. The van der Waals surface area contributed by atoms with Crippen LogP contribution < -0.4 is 0 Å². The predicted molar refractivity (Wildman–Crippen MR) is 153 cm³/mol. The lowest BCUT2D eigenvalue weighted by atomic mass is 10.0. The Morgan fingerprint density at radius 2 is 0.900 bits per heavy atom. The van der Waals surface area contributed by atoms with E-state index in [0.29, 0.717) is 8.77 Å². The summed E-state index contributed by atoms with van der Waals surface area (Å²) in [5.74, 6) is 0. The van der Waals surface area contributed by atoms with E-state index in [-0.39, 0.29) is 9.87 Å². The van der Waals surface area contributed by atoms with Crippen molar-refractivity contribution >= 4 is 80.0 Å². The lowest BCUT2D eigenvalue weighted by molar-refractivity contribution is 0.132. The van der Waals surface area contributed by atoms with Gasteiger partial charge >= 0.3 is 0 Å². The summed E-state index contributed by atoms with van der Waals surface area (Å²) in [5, 5.41) is 0. The Labute approximate surface area is 215 Å². The van der Waals surface area contributed by atoms with E-state index < -0.39 is 0 Å². The van der Waals surface area contributed by atoms with Gasteiger partial charge in [0.2, 0.25) is 8.77 Å². The first-order chi connectivity index (χ1) is 14.3. The highest BCUT2D eigenvalue weighted by molar-refractivity contribution is 8.77. The molecule has 0 rings (SSSR count). The minimum atomic E-state index is -0.377. The molecule has 0 radical (unpaired) electrons. The third kappa shape index (κ3) is 14.4. The SMILES string of the molecule is CCCCCC(CCCC)(OC(=S)S)SSC(CCCC)(CCCCC)OC(=S)S. The van der Waals surface area contributed by atoms with Crippen LogP contribution in [0.15, 0.2) is 0 Å². The van der Waals surface area contributed by atoms with Gasteiger partial charge in [0.15, 0.2) is 9.87 Å². The van der Waals surface area contributed by atoms with Gasteiger partial charge in [0.1, 0.15) is 0 Å². The van der Waals surface area contributed by atoms with Gasteiger partial charge in [-0.15, -0.1) is 0 Å². The summed E-state index contributed by atoms with van der Waals surface area (Å²) in [7, 11) is 3.57. The number of hydrogen-bond donors (Lipinski definition) is 2. The molecule has 2 nitrogen and oxygen atoms in total. The number of ether oxygens (including phenoxy) is 2. The van der Waals surface area contributed by atoms with E-state index in [1.165, 1.54) is 25.7 Å². The van der Waals surface area contributed by atoms with Crippen LogP contribution >= 0.6 is 71.3 Å². The molecule has 0 aliphatic carbocycles. The molecule has 0 fully saturated rings. The summed E-state index contributed by atoms with van der Waals surface area (Å²) in [6.07, 6.45) is 15.3. The normalized spacial score (nSPS) is 15.3. The molecule has 0 saturated heterocycles. The van der Waals surface area contributed by atoms with Crippen LogP contribution in [-0.4, -0.2) is 18.6 Å². The van der Waals surface area contributed by atoms with Gasteiger partial charge in [-0.25, -0.2) is 0 Å². The number of hydrogen-bond acceptors (Lipinski definition) is 6. The van der Waals surface area contributed by atoms with Crippen molar-refractivity contribution < 1.29 is 9.47 Å². The van der Waals surface area contributed by atoms with Crippen molar-refractivity contribution in [1.29, 1.82) is 0 Å². The zero-order valence-corrected chi connectivity index (χ0v) is 24.3. The van der Waals surface area contributed by atoms with Crippen LogP contribution in [0.1, 0.15) is 118 Å². The Kier molecular flexibility index (Phi) is 19.3. The molecule has 2 unspecified atom stereocenters. The van der Waals surface area contributed by atoms with Crippen LogP contribution in [-0.2, 0) is 9.47 Å². The fourth-order valence-electron chi connectivity index (χ4n) is 3.31. The van der Waals surface area contributed by atoms with E-state index >= 15 is 0 Å². The Morgan fingerprint density at radius 3 is 1.17 bits per heavy atom. The maximum absolute atomic E-state index is 6.25. The Bertz CT molecular complexity index is 435. The van der Waals surface area contributed by atoms with Crippen molar-refractivity contribution in [3.63, 3.8) is 0 Å². The molecule has 178 valence electrons. The van der Waals surface area contributed by atoms with Crippen molar-refractivity contribution in [3.05, 3.63) is 0 Å². The smallest absolute Gasteiger partial charge is 0.218 e. The number of rotatable bonds is 19. The molecule has 0 spiro atoms. The average Bonchev–Trinajstić information content (AvgIpc) is 2.68. The molecule has 0 saturated carbocycles. The average molecular weight is 531 g/mol. The summed E-state index contributed by atoms with van der Waals surface area (Å²) in [6, 6.07) is 0. The number of unbranched alkanes of at least 4 members (excludes halogenated alkanes) is 6. The summed E-state index contributed by atoms with van der Waals surface area (Å²) in [6.45, 7) is 8.88. The zero-order valence-electron chi connectivity index (χ0n) is 19.2. The third-order valence-corrected chi connectivity index (χ3v) is 9.13. The van der Waals surface area contributed by atoms with Gasteiger partial charge in [-0.1, -0.05) is 91.5 Å². The molecule has 0 amide bonds. The molecule has 0 heterocycles. The van der Waals surface area contributed by atoms with Gasteiger partial charge in [-0.3, -0.25) is 0 Å². The molecule has 0 aliphatic heterocycles.